The van der Waals surface area contributed by atoms with Crippen LogP contribution in [0.25, 0.3) is 6.08 Å². The van der Waals surface area contributed by atoms with Gasteiger partial charge in [-0.05, 0) is 47.4 Å². The second-order valence-corrected chi connectivity index (χ2v) is 7.51. The highest BCUT2D eigenvalue weighted by Crippen LogP contribution is 2.42. The van der Waals surface area contributed by atoms with Gasteiger partial charge in [-0.15, -0.1) is 11.3 Å². The number of ether oxygens (including phenoxy) is 2. The van der Waals surface area contributed by atoms with Gasteiger partial charge in [0.05, 0.1) is 11.1 Å². The summed E-state index contributed by atoms with van der Waals surface area (Å²) in [6, 6.07) is 11.5. The molecule has 0 unspecified atom stereocenters. The van der Waals surface area contributed by atoms with Crippen LogP contribution >= 0.6 is 11.3 Å². The zero-order valence-corrected chi connectivity index (χ0v) is 15.2. The molecule has 6 heteroatoms. The SMILES string of the molecule is O=C1C(=Cc2ccncc2)Oc2c1ccc1c2CN(Cc2cccs2)CO1. The van der Waals surface area contributed by atoms with Crippen LogP contribution in [-0.2, 0) is 13.1 Å². The smallest absolute Gasteiger partial charge is 0.231 e. The van der Waals surface area contributed by atoms with Gasteiger partial charge in [-0.1, -0.05) is 6.07 Å². The summed E-state index contributed by atoms with van der Waals surface area (Å²) >= 11 is 1.73. The second-order valence-electron chi connectivity index (χ2n) is 6.48. The second kappa shape index (κ2) is 6.64. The van der Waals surface area contributed by atoms with Gasteiger partial charge in [0.15, 0.2) is 5.76 Å². The van der Waals surface area contributed by atoms with E-state index in [1.54, 1.807) is 35.9 Å². The number of Topliss-reactive ketones (excluding diaryl/α,β-unsaturated/α-hetero) is 1. The third-order valence-corrected chi connectivity index (χ3v) is 5.51. The Morgan fingerprint density at radius 3 is 2.89 bits per heavy atom. The molecule has 0 fully saturated rings. The summed E-state index contributed by atoms with van der Waals surface area (Å²) in [6.07, 6.45) is 5.14. The van der Waals surface area contributed by atoms with Crippen LogP contribution in [0.3, 0.4) is 0 Å². The monoisotopic (exact) mass is 376 g/mol. The molecule has 3 aromatic rings. The lowest BCUT2D eigenvalue weighted by atomic mass is 10.0. The van der Waals surface area contributed by atoms with Gasteiger partial charge in [0.25, 0.3) is 0 Å². The first-order valence-corrected chi connectivity index (χ1v) is 9.53. The molecule has 1 aromatic carbocycles. The van der Waals surface area contributed by atoms with Crippen molar-refractivity contribution in [1.82, 2.24) is 9.88 Å². The summed E-state index contributed by atoms with van der Waals surface area (Å²) in [4.78, 5) is 20.2. The molecule has 27 heavy (non-hydrogen) atoms. The van der Waals surface area contributed by atoms with Gasteiger partial charge in [0.2, 0.25) is 5.78 Å². The third kappa shape index (κ3) is 3.03. The van der Waals surface area contributed by atoms with Crippen LogP contribution in [0, 0.1) is 0 Å². The molecule has 134 valence electrons. The van der Waals surface area contributed by atoms with Gasteiger partial charge in [-0.3, -0.25) is 14.7 Å². The summed E-state index contributed by atoms with van der Waals surface area (Å²) in [5, 5.41) is 2.07. The highest BCUT2D eigenvalue weighted by molar-refractivity contribution is 7.09. The normalized spacial score (nSPS) is 17.3. The van der Waals surface area contributed by atoms with E-state index in [0.717, 1.165) is 23.4 Å². The fourth-order valence-electron chi connectivity index (χ4n) is 3.34. The van der Waals surface area contributed by atoms with Gasteiger partial charge < -0.3 is 9.47 Å². The quantitative estimate of drug-likeness (QED) is 0.644. The standard InChI is InChI=1S/C21H16N2O3S/c24-20-16-3-4-18-17(12-23(13-25-18)11-15-2-1-9-27-15)21(16)26-19(20)10-14-5-7-22-8-6-14/h1-10H,11-13H2. The number of thiophene rings is 1. The summed E-state index contributed by atoms with van der Waals surface area (Å²) < 4.78 is 11.9. The Morgan fingerprint density at radius 1 is 1.19 bits per heavy atom. The van der Waals surface area contributed by atoms with Crippen LogP contribution in [-0.4, -0.2) is 22.4 Å². The zero-order chi connectivity index (χ0) is 18.2. The number of benzene rings is 1. The van der Waals surface area contributed by atoms with E-state index in [0.29, 0.717) is 30.3 Å². The molecule has 0 radical (unpaired) electrons. The maximum atomic E-state index is 12.8. The van der Waals surface area contributed by atoms with Crippen molar-refractivity contribution in [3.63, 3.8) is 0 Å². The molecule has 5 rings (SSSR count). The largest absolute Gasteiger partial charge is 0.478 e. The maximum absolute atomic E-state index is 12.8. The van der Waals surface area contributed by atoms with Gasteiger partial charge in [-0.2, -0.15) is 0 Å². The average Bonchev–Trinajstić information content (AvgIpc) is 3.31. The van der Waals surface area contributed by atoms with E-state index in [1.807, 2.05) is 18.2 Å². The van der Waals surface area contributed by atoms with E-state index in [9.17, 15) is 4.79 Å². The number of pyridine rings is 1. The maximum Gasteiger partial charge on any atom is 0.231 e. The molecule has 2 aromatic heterocycles. The predicted octanol–water partition coefficient (Wildman–Crippen LogP) is 4.11. The molecular weight excluding hydrogens is 360 g/mol. The van der Waals surface area contributed by atoms with E-state index in [4.69, 9.17) is 9.47 Å². The summed E-state index contributed by atoms with van der Waals surface area (Å²) in [5.74, 6) is 1.64. The van der Waals surface area contributed by atoms with Crippen molar-refractivity contribution in [2.24, 2.45) is 0 Å². The van der Waals surface area contributed by atoms with E-state index >= 15 is 0 Å². The highest BCUT2D eigenvalue weighted by atomic mass is 32.1. The molecule has 0 amide bonds. The summed E-state index contributed by atoms with van der Waals surface area (Å²) in [6.45, 7) is 2.03. The van der Waals surface area contributed by atoms with Crippen molar-refractivity contribution in [3.05, 3.63) is 81.5 Å². The number of carbonyl (C=O) groups is 1. The van der Waals surface area contributed by atoms with E-state index in [-0.39, 0.29) is 5.78 Å². The molecule has 5 nitrogen and oxygen atoms in total. The van der Waals surface area contributed by atoms with E-state index in [1.165, 1.54) is 4.88 Å². The fourth-order valence-corrected chi connectivity index (χ4v) is 4.09. The van der Waals surface area contributed by atoms with Crippen molar-refractivity contribution in [2.45, 2.75) is 13.1 Å². The van der Waals surface area contributed by atoms with Crippen LogP contribution in [0.4, 0.5) is 0 Å². The number of carbonyl (C=O) groups excluding carboxylic acids is 1. The first-order valence-electron chi connectivity index (χ1n) is 8.65. The van der Waals surface area contributed by atoms with Crippen molar-refractivity contribution < 1.29 is 14.3 Å². The molecule has 0 atom stereocenters. The number of nitrogens with zero attached hydrogens (tertiary/aromatic N) is 2. The molecule has 0 bridgehead atoms. The first kappa shape index (κ1) is 16.2. The number of fused-ring (bicyclic) bond motifs is 3. The molecule has 0 saturated heterocycles. The van der Waals surface area contributed by atoms with E-state index < -0.39 is 0 Å². The van der Waals surface area contributed by atoms with Gasteiger partial charge in [0, 0.05) is 30.4 Å². The Labute approximate surface area is 160 Å². The number of allylic oxidation sites excluding steroid dienone is 1. The van der Waals surface area contributed by atoms with E-state index in [2.05, 4.69) is 27.4 Å². The van der Waals surface area contributed by atoms with Gasteiger partial charge in [-0.25, -0.2) is 0 Å². The van der Waals surface area contributed by atoms with Gasteiger partial charge in [0.1, 0.15) is 18.2 Å². The molecule has 2 aliphatic rings. The molecular formula is C21H16N2O3S. The molecule has 2 aliphatic heterocycles. The van der Waals surface area contributed by atoms with Crippen molar-refractivity contribution in [2.75, 3.05) is 6.73 Å². The minimum absolute atomic E-state index is 0.0972. The lowest BCUT2D eigenvalue weighted by molar-refractivity contribution is 0.0882. The highest BCUT2D eigenvalue weighted by Gasteiger charge is 2.33. The Kier molecular flexibility index (Phi) is 3.99. The lowest BCUT2D eigenvalue weighted by Gasteiger charge is -2.29. The van der Waals surface area contributed by atoms with Crippen molar-refractivity contribution >= 4 is 23.2 Å². The molecule has 0 aliphatic carbocycles. The molecule has 0 N–H and O–H groups in total. The minimum atomic E-state index is -0.0972. The minimum Gasteiger partial charge on any atom is -0.478 e. The topological polar surface area (TPSA) is 51.7 Å². The first-order chi connectivity index (χ1) is 13.3. The zero-order valence-electron chi connectivity index (χ0n) is 14.4. The Morgan fingerprint density at radius 2 is 2.07 bits per heavy atom. The Hall–Kier alpha value is -2.96. The third-order valence-electron chi connectivity index (χ3n) is 4.65. The van der Waals surface area contributed by atoms with Gasteiger partial charge >= 0.3 is 0 Å². The van der Waals surface area contributed by atoms with Crippen LogP contribution in [0.1, 0.15) is 26.4 Å². The van der Waals surface area contributed by atoms with Crippen molar-refractivity contribution in [1.29, 1.82) is 0 Å². The summed E-state index contributed by atoms with van der Waals surface area (Å²) in [5.41, 5.74) is 2.41. The molecule has 0 spiro atoms. The van der Waals surface area contributed by atoms with Crippen LogP contribution in [0.5, 0.6) is 11.5 Å². The Bertz CT molecular complexity index is 1030. The number of rotatable bonds is 3. The fraction of sp³-hybridized carbons (Fsp3) is 0.143. The Balaban J connectivity index is 1.45. The average molecular weight is 376 g/mol. The predicted molar refractivity (Wildman–Crippen MR) is 103 cm³/mol. The molecule has 0 saturated carbocycles. The lowest BCUT2D eigenvalue weighted by Crippen LogP contribution is -2.31. The number of hydrogen-bond donors (Lipinski definition) is 0. The number of ketones is 1. The van der Waals surface area contributed by atoms with Crippen LogP contribution in [0.2, 0.25) is 0 Å². The number of aromatic nitrogens is 1. The van der Waals surface area contributed by atoms with Crippen LogP contribution < -0.4 is 9.47 Å². The van der Waals surface area contributed by atoms with Crippen LogP contribution in [0.15, 0.2) is 59.9 Å². The number of hydrogen-bond acceptors (Lipinski definition) is 6. The van der Waals surface area contributed by atoms with Crippen molar-refractivity contribution in [3.8, 4) is 11.5 Å². The molecule has 4 heterocycles. The summed E-state index contributed by atoms with van der Waals surface area (Å²) in [7, 11) is 0.